The lowest BCUT2D eigenvalue weighted by molar-refractivity contribution is 0.0943. The molecule has 0 aliphatic rings. The lowest BCUT2D eigenvalue weighted by Gasteiger charge is -2.13. The van der Waals surface area contributed by atoms with Crippen LogP contribution in [0.1, 0.15) is 22.8 Å². The Labute approximate surface area is 129 Å². The van der Waals surface area contributed by atoms with Gasteiger partial charge in [0.2, 0.25) is 0 Å². The third-order valence-electron chi connectivity index (χ3n) is 2.61. The van der Waals surface area contributed by atoms with Crippen LogP contribution < -0.4 is 5.32 Å². The number of carbonyl (C=O) groups excluding carboxylic acids is 1. The number of halogens is 2. The van der Waals surface area contributed by atoms with Crippen molar-refractivity contribution < 1.29 is 21.8 Å². The quantitative estimate of drug-likeness (QED) is 0.813. The molecule has 5 nitrogen and oxygen atoms in total. The number of rotatable bonds is 5. The number of hydrogen-bond acceptors (Lipinski definition) is 4. The highest BCUT2D eigenvalue weighted by molar-refractivity contribution is 8.13. The Bertz CT molecular complexity index is 691. The highest BCUT2D eigenvalue weighted by Gasteiger charge is 2.21. The van der Waals surface area contributed by atoms with Gasteiger partial charge >= 0.3 is 0 Å². The van der Waals surface area contributed by atoms with Crippen molar-refractivity contribution >= 4 is 36.4 Å². The molecule has 21 heavy (non-hydrogen) atoms. The Morgan fingerprint density at radius 2 is 2.05 bits per heavy atom. The van der Waals surface area contributed by atoms with Crippen LogP contribution in [0.3, 0.4) is 0 Å². The Morgan fingerprint density at radius 1 is 1.48 bits per heavy atom. The van der Waals surface area contributed by atoms with Crippen molar-refractivity contribution in [1.82, 2.24) is 5.32 Å². The SMILES string of the molecule is Cc1cc(C(=O)NC(C)CS(C)=O)cc(S(=O)(=O)Cl)c1F. The van der Waals surface area contributed by atoms with E-state index < -0.39 is 36.5 Å². The summed E-state index contributed by atoms with van der Waals surface area (Å²) in [5.74, 6) is -1.31. The molecule has 1 aromatic carbocycles. The van der Waals surface area contributed by atoms with Crippen LogP contribution in [0.2, 0.25) is 0 Å². The fourth-order valence-corrected chi connectivity index (χ4v) is 3.51. The van der Waals surface area contributed by atoms with E-state index in [1.54, 1.807) is 6.92 Å². The third-order valence-corrected chi connectivity index (χ3v) is 4.90. The predicted octanol–water partition coefficient (Wildman–Crippen LogP) is 1.56. The maximum atomic E-state index is 13.7. The second-order valence-electron chi connectivity index (χ2n) is 4.66. The second kappa shape index (κ2) is 6.85. The molecule has 0 bridgehead atoms. The lowest BCUT2D eigenvalue weighted by Crippen LogP contribution is -2.36. The number of aryl methyl sites for hydroxylation is 1. The van der Waals surface area contributed by atoms with Gasteiger partial charge in [-0.1, -0.05) is 0 Å². The molecule has 1 amide bonds. The Morgan fingerprint density at radius 3 is 2.52 bits per heavy atom. The first-order valence-electron chi connectivity index (χ1n) is 5.88. The number of nitrogens with one attached hydrogen (secondary N) is 1. The molecule has 0 saturated heterocycles. The van der Waals surface area contributed by atoms with Gasteiger partial charge in [0.05, 0.1) is 0 Å². The average molecular weight is 356 g/mol. The van der Waals surface area contributed by atoms with Gasteiger partial charge in [-0.15, -0.1) is 0 Å². The summed E-state index contributed by atoms with van der Waals surface area (Å²) in [6.45, 7) is 3.00. The zero-order valence-corrected chi connectivity index (χ0v) is 14.0. The normalized spacial score (nSPS) is 14.5. The fraction of sp³-hybridized carbons (Fsp3) is 0.417. The maximum Gasteiger partial charge on any atom is 0.264 e. The van der Waals surface area contributed by atoms with Crippen molar-refractivity contribution in [3.63, 3.8) is 0 Å². The molecule has 2 unspecified atom stereocenters. The minimum Gasteiger partial charge on any atom is -0.349 e. The van der Waals surface area contributed by atoms with Gasteiger partial charge in [-0.3, -0.25) is 9.00 Å². The molecule has 118 valence electrons. The molecule has 2 atom stereocenters. The Balaban J connectivity index is 3.12. The summed E-state index contributed by atoms with van der Waals surface area (Å²) >= 11 is 0. The molecule has 1 rings (SSSR count). The molecule has 0 aromatic heterocycles. The van der Waals surface area contributed by atoms with E-state index in [0.717, 1.165) is 6.07 Å². The van der Waals surface area contributed by atoms with Crippen molar-refractivity contribution in [1.29, 1.82) is 0 Å². The van der Waals surface area contributed by atoms with Gasteiger partial charge < -0.3 is 5.32 Å². The molecule has 0 aliphatic carbocycles. The molecule has 0 heterocycles. The van der Waals surface area contributed by atoms with Gasteiger partial charge in [0.25, 0.3) is 15.0 Å². The van der Waals surface area contributed by atoms with Crippen LogP contribution in [0, 0.1) is 12.7 Å². The van der Waals surface area contributed by atoms with E-state index in [-0.39, 0.29) is 22.9 Å². The number of benzene rings is 1. The summed E-state index contributed by atoms with van der Waals surface area (Å²) in [6.07, 6.45) is 1.50. The average Bonchev–Trinajstić information content (AvgIpc) is 2.29. The molecule has 0 aliphatic heterocycles. The molecule has 0 fully saturated rings. The summed E-state index contributed by atoms with van der Waals surface area (Å²) < 4.78 is 47.4. The van der Waals surface area contributed by atoms with Gasteiger partial charge in [0, 0.05) is 45.1 Å². The van der Waals surface area contributed by atoms with E-state index in [2.05, 4.69) is 5.32 Å². The molecule has 0 spiro atoms. The first-order valence-corrected chi connectivity index (χ1v) is 9.91. The topological polar surface area (TPSA) is 80.3 Å². The minimum absolute atomic E-state index is 0.00593. The standard InChI is InChI=1S/C12H15ClFNO4S2/c1-7-4-9(5-10(11(7)14)21(13,18)19)12(16)15-8(2)6-20(3)17/h4-5,8H,6H2,1-3H3,(H,15,16). The first-order chi connectivity index (χ1) is 9.52. The van der Waals surface area contributed by atoms with Crippen LogP contribution in [-0.2, 0) is 19.9 Å². The van der Waals surface area contributed by atoms with E-state index >= 15 is 0 Å². The lowest BCUT2D eigenvalue weighted by atomic mass is 10.1. The highest BCUT2D eigenvalue weighted by Crippen LogP contribution is 2.23. The van der Waals surface area contributed by atoms with Crippen molar-refractivity contribution in [2.24, 2.45) is 0 Å². The second-order valence-corrected chi connectivity index (χ2v) is 8.67. The van der Waals surface area contributed by atoms with E-state index in [0.29, 0.717) is 0 Å². The van der Waals surface area contributed by atoms with E-state index in [9.17, 15) is 21.8 Å². The van der Waals surface area contributed by atoms with Crippen molar-refractivity contribution in [2.75, 3.05) is 12.0 Å². The summed E-state index contributed by atoms with van der Waals surface area (Å²) in [5.41, 5.74) is -0.0320. The van der Waals surface area contributed by atoms with Gasteiger partial charge in [-0.25, -0.2) is 12.8 Å². The van der Waals surface area contributed by atoms with Gasteiger partial charge in [-0.05, 0) is 31.5 Å². The zero-order chi connectivity index (χ0) is 16.4. The predicted molar refractivity (Wildman–Crippen MR) is 80.0 cm³/mol. The van der Waals surface area contributed by atoms with Crippen molar-refractivity contribution in [2.45, 2.75) is 24.8 Å². The van der Waals surface area contributed by atoms with E-state index in [1.807, 2.05) is 0 Å². The highest BCUT2D eigenvalue weighted by atomic mass is 35.7. The number of carbonyl (C=O) groups is 1. The first kappa shape index (κ1) is 18.1. The Kier molecular flexibility index (Phi) is 5.89. The van der Waals surface area contributed by atoms with Crippen LogP contribution in [0.5, 0.6) is 0 Å². The largest absolute Gasteiger partial charge is 0.349 e. The van der Waals surface area contributed by atoms with E-state index in [4.69, 9.17) is 10.7 Å². The van der Waals surface area contributed by atoms with Crippen molar-refractivity contribution in [3.05, 3.63) is 29.1 Å². The van der Waals surface area contributed by atoms with Gasteiger partial charge in [-0.2, -0.15) is 0 Å². The molecular formula is C12H15ClFNO4S2. The number of amides is 1. The molecule has 0 saturated carbocycles. The smallest absolute Gasteiger partial charge is 0.264 e. The van der Waals surface area contributed by atoms with Crippen LogP contribution in [0.25, 0.3) is 0 Å². The summed E-state index contributed by atoms with van der Waals surface area (Å²) in [7, 11) is -0.230. The monoisotopic (exact) mass is 355 g/mol. The van der Waals surface area contributed by atoms with E-state index in [1.165, 1.54) is 19.2 Å². The molecule has 1 aromatic rings. The van der Waals surface area contributed by atoms with Crippen LogP contribution in [0.4, 0.5) is 4.39 Å². The molecular weight excluding hydrogens is 341 g/mol. The van der Waals surface area contributed by atoms with Crippen molar-refractivity contribution in [3.8, 4) is 0 Å². The number of hydrogen-bond donors (Lipinski definition) is 1. The van der Waals surface area contributed by atoms with Gasteiger partial charge in [0.15, 0.2) is 0 Å². The minimum atomic E-state index is -4.29. The van der Waals surface area contributed by atoms with Crippen LogP contribution >= 0.6 is 10.7 Å². The summed E-state index contributed by atoms with van der Waals surface area (Å²) in [6, 6.07) is 1.74. The maximum absolute atomic E-state index is 13.7. The van der Waals surface area contributed by atoms with Crippen LogP contribution in [0.15, 0.2) is 17.0 Å². The summed E-state index contributed by atoms with van der Waals surface area (Å²) in [5, 5.41) is 2.56. The third kappa shape index (κ3) is 5.05. The summed E-state index contributed by atoms with van der Waals surface area (Å²) in [4.78, 5) is 11.3. The molecule has 1 N–H and O–H groups in total. The molecule has 0 radical (unpaired) electrons. The fourth-order valence-electron chi connectivity index (χ4n) is 1.75. The van der Waals surface area contributed by atoms with Crippen LogP contribution in [-0.4, -0.2) is 36.6 Å². The zero-order valence-electron chi connectivity index (χ0n) is 11.6. The van der Waals surface area contributed by atoms with Gasteiger partial charge in [0.1, 0.15) is 10.7 Å². The molecule has 9 heteroatoms. The Hall–Kier alpha value is -0.990.